The summed E-state index contributed by atoms with van der Waals surface area (Å²) in [7, 11) is 1.71. The molecule has 0 saturated carbocycles. The van der Waals surface area contributed by atoms with Crippen LogP contribution in [0.2, 0.25) is 0 Å². The van der Waals surface area contributed by atoms with Crippen molar-refractivity contribution in [3.8, 4) is 5.75 Å². The molecular formula is C15H25NO2. The molecule has 1 rings (SSSR count). The van der Waals surface area contributed by atoms with Crippen LogP contribution >= 0.6 is 0 Å². The van der Waals surface area contributed by atoms with Crippen LogP contribution in [0.5, 0.6) is 5.75 Å². The number of nitrogens with one attached hydrogen (secondary N) is 1. The predicted octanol–water partition coefficient (Wildman–Crippen LogP) is 3.16. The summed E-state index contributed by atoms with van der Waals surface area (Å²) in [5.41, 5.74) is 1.16. The average Bonchev–Trinajstić information content (AvgIpc) is 2.40. The molecule has 0 aliphatic carbocycles. The van der Waals surface area contributed by atoms with E-state index in [9.17, 15) is 0 Å². The Kier molecular flexibility index (Phi) is 6.76. The number of hydrogen-bond acceptors (Lipinski definition) is 3. The van der Waals surface area contributed by atoms with Crippen LogP contribution in [0.25, 0.3) is 0 Å². The second-order valence-corrected chi connectivity index (χ2v) is 4.33. The smallest absolute Gasteiger partial charge is 0.123 e. The van der Waals surface area contributed by atoms with Gasteiger partial charge < -0.3 is 14.8 Å². The largest absolute Gasteiger partial charge is 0.496 e. The first-order valence-electron chi connectivity index (χ1n) is 6.72. The Morgan fingerprint density at radius 2 is 1.94 bits per heavy atom. The number of hydrogen-bond donors (Lipinski definition) is 1. The van der Waals surface area contributed by atoms with Gasteiger partial charge in [0.2, 0.25) is 0 Å². The molecule has 3 heteroatoms. The van der Waals surface area contributed by atoms with Crippen LogP contribution in [-0.2, 0) is 4.74 Å². The standard InChI is InChI=1S/C15H25NO2/c1-5-11-16-15(12(3)18-6-2)13-9-7-8-10-14(13)17-4/h7-10,12,15-16H,5-6,11H2,1-4H3. The van der Waals surface area contributed by atoms with E-state index in [1.54, 1.807) is 7.11 Å². The molecule has 0 radical (unpaired) electrons. The molecule has 0 aromatic heterocycles. The summed E-state index contributed by atoms with van der Waals surface area (Å²) < 4.78 is 11.2. The highest BCUT2D eigenvalue weighted by atomic mass is 16.5. The number of benzene rings is 1. The molecule has 0 fully saturated rings. The fraction of sp³-hybridized carbons (Fsp3) is 0.600. The van der Waals surface area contributed by atoms with Crippen molar-refractivity contribution in [2.24, 2.45) is 0 Å². The van der Waals surface area contributed by atoms with Crippen molar-refractivity contribution < 1.29 is 9.47 Å². The van der Waals surface area contributed by atoms with E-state index in [4.69, 9.17) is 9.47 Å². The second-order valence-electron chi connectivity index (χ2n) is 4.33. The maximum Gasteiger partial charge on any atom is 0.123 e. The van der Waals surface area contributed by atoms with Crippen molar-refractivity contribution in [2.75, 3.05) is 20.3 Å². The Labute approximate surface area is 110 Å². The van der Waals surface area contributed by atoms with Gasteiger partial charge in [0.25, 0.3) is 0 Å². The molecule has 3 nitrogen and oxygen atoms in total. The lowest BCUT2D eigenvalue weighted by Gasteiger charge is -2.26. The van der Waals surface area contributed by atoms with Crippen LogP contribution in [-0.4, -0.2) is 26.4 Å². The summed E-state index contributed by atoms with van der Waals surface area (Å²) in [5.74, 6) is 0.914. The lowest BCUT2D eigenvalue weighted by atomic mass is 10.0. The van der Waals surface area contributed by atoms with Crippen molar-refractivity contribution in [2.45, 2.75) is 39.3 Å². The Hall–Kier alpha value is -1.06. The molecule has 18 heavy (non-hydrogen) atoms. The van der Waals surface area contributed by atoms with E-state index < -0.39 is 0 Å². The summed E-state index contributed by atoms with van der Waals surface area (Å²) in [4.78, 5) is 0. The first-order valence-corrected chi connectivity index (χ1v) is 6.72. The van der Waals surface area contributed by atoms with Crippen LogP contribution in [0, 0.1) is 0 Å². The third-order valence-corrected chi connectivity index (χ3v) is 2.99. The van der Waals surface area contributed by atoms with Crippen LogP contribution in [0.4, 0.5) is 0 Å². The molecule has 2 unspecified atom stereocenters. The highest BCUT2D eigenvalue weighted by Crippen LogP contribution is 2.28. The van der Waals surface area contributed by atoms with Gasteiger partial charge in [-0.15, -0.1) is 0 Å². The molecule has 102 valence electrons. The molecule has 0 spiro atoms. The van der Waals surface area contributed by atoms with Crippen molar-refractivity contribution in [3.05, 3.63) is 29.8 Å². The summed E-state index contributed by atoms with van der Waals surface area (Å²) in [6, 6.07) is 8.29. The second kappa shape index (κ2) is 8.11. The minimum atomic E-state index is 0.123. The van der Waals surface area contributed by atoms with E-state index in [0.717, 1.165) is 30.9 Å². The van der Waals surface area contributed by atoms with Crippen molar-refractivity contribution >= 4 is 0 Å². The number of rotatable bonds is 8. The topological polar surface area (TPSA) is 30.5 Å². The minimum absolute atomic E-state index is 0.123. The molecular weight excluding hydrogens is 226 g/mol. The van der Waals surface area contributed by atoms with Crippen molar-refractivity contribution in [3.63, 3.8) is 0 Å². The monoisotopic (exact) mass is 251 g/mol. The van der Waals surface area contributed by atoms with E-state index in [1.165, 1.54) is 0 Å². The van der Waals surface area contributed by atoms with Crippen LogP contribution in [0.1, 0.15) is 38.8 Å². The van der Waals surface area contributed by atoms with Crippen molar-refractivity contribution in [1.82, 2.24) is 5.32 Å². The zero-order chi connectivity index (χ0) is 13.4. The van der Waals surface area contributed by atoms with Gasteiger partial charge in [-0.05, 0) is 32.9 Å². The normalized spacial score (nSPS) is 14.2. The third kappa shape index (κ3) is 4.00. The Morgan fingerprint density at radius 3 is 2.56 bits per heavy atom. The number of methoxy groups -OCH3 is 1. The van der Waals surface area contributed by atoms with E-state index in [-0.39, 0.29) is 12.1 Å². The molecule has 0 aliphatic rings. The zero-order valence-corrected chi connectivity index (χ0v) is 11.9. The molecule has 0 aliphatic heterocycles. The maximum absolute atomic E-state index is 5.74. The lowest BCUT2D eigenvalue weighted by molar-refractivity contribution is 0.0466. The summed E-state index contributed by atoms with van der Waals surface area (Å²) >= 11 is 0. The summed E-state index contributed by atoms with van der Waals surface area (Å²) in [6.45, 7) is 7.98. The molecule has 0 bridgehead atoms. The van der Waals surface area contributed by atoms with Gasteiger partial charge in [-0.2, -0.15) is 0 Å². The first kappa shape index (κ1) is 15.0. The maximum atomic E-state index is 5.74. The predicted molar refractivity (Wildman–Crippen MR) is 75.1 cm³/mol. The number of para-hydroxylation sites is 1. The van der Waals surface area contributed by atoms with Crippen LogP contribution < -0.4 is 10.1 Å². The molecule has 0 amide bonds. The van der Waals surface area contributed by atoms with Crippen LogP contribution in [0.3, 0.4) is 0 Å². The van der Waals surface area contributed by atoms with Gasteiger partial charge >= 0.3 is 0 Å². The Bertz CT molecular complexity index is 341. The zero-order valence-electron chi connectivity index (χ0n) is 11.9. The number of ether oxygens (including phenoxy) is 2. The van der Waals surface area contributed by atoms with Gasteiger partial charge in [0.1, 0.15) is 5.75 Å². The Morgan fingerprint density at radius 1 is 1.22 bits per heavy atom. The Balaban J connectivity index is 2.92. The summed E-state index contributed by atoms with van der Waals surface area (Å²) in [5, 5.41) is 3.54. The van der Waals surface area contributed by atoms with E-state index in [1.807, 2.05) is 25.1 Å². The van der Waals surface area contributed by atoms with Crippen LogP contribution in [0.15, 0.2) is 24.3 Å². The van der Waals surface area contributed by atoms with Gasteiger partial charge in [0, 0.05) is 12.2 Å². The molecule has 0 heterocycles. The third-order valence-electron chi connectivity index (χ3n) is 2.99. The van der Waals surface area contributed by atoms with E-state index in [2.05, 4.69) is 25.2 Å². The lowest BCUT2D eigenvalue weighted by Crippen LogP contribution is -2.33. The average molecular weight is 251 g/mol. The first-order chi connectivity index (χ1) is 8.74. The summed E-state index contributed by atoms with van der Waals surface area (Å²) in [6.07, 6.45) is 1.22. The fourth-order valence-corrected chi connectivity index (χ4v) is 2.11. The van der Waals surface area contributed by atoms with E-state index >= 15 is 0 Å². The molecule has 1 aromatic carbocycles. The SMILES string of the molecule is CCCNC(c1ccccc1OC)C(C)OCC. The fourth-order valence-electron chi connectivity index (χ4n) is 2.11. The van der Waals surface area contributed by atoms with Gasteiger partial charge in [-0.3, -0.25) is 0 Å². The van der Waals surface area contributed by atoms with Gasteiger partial charge in [0.15, 0.2) is 0 Å². The minimum Gasteiger partial charge on any atom is -0.496 e. The van der Waals surface area contributed by atoms with Gasteiger partial charge in [-0.1, -0.05) is 25.1 Å². The molecule has 1 aromatic rings. The van der Waals surface area contributed by atoms with Gasteiger partial charge in [-0.25, -0.2) is 0 Å². The quantitative estimate of drug-likeness (QED) is 0.770. The molecule has 1 N–H and O–H groups in total. The van der Waals surface area contributed by atoms with E-state index in [0.29, 0.717) is 0 Å². The van der Waals surface area contributed by atoms with Crippen molar-refractivity contribution in [1.29, 1.82) is 0 Å². The highest BCUT2D eigenvalue weighted by Gasteiger charge is 2.21. The molecule has 0 saturated heterocycles. The molecule has 2 atom stereocenters. The van der Waals surface area contributed by atoms with Gasteiger partial charge in [0.05, 0.1) is 19.3 Å². The highest BCUT2D eigenvalue weighted by molar-refractivity contribution is 5.36.